The van der Waals surface area contributed by atoms with Crippen LogP contribution in [0.1, 0.15) is 63.9 Å². The van der Waals surface area contributed by atoms with Gasteiger partial charge in [0.25, 0.3) is 0 Å². The van der Waals surface area contributed by atoms with E-state index in [9.17, 15) is 5.26 Å². The molecule has 0 aliphatic rings. The second-order valence-electron chi connectivity index (χ2n) is 8.23. The van der Waals surface area contributed by atoms with Gasteiger partial charge in [0.1, 0.15) is 6.07 Å². The van der Waals surface area contributed by atoms with Crippen LogP contribution < -0.4 is 0 Å². The van der Waals surface area contributed by atoms with Gasteiger partial charge in [0.05, 0.1) is 11.3 Å². The van der Waals surface area contributed by atoms with E-state index in [0.717, 1.165) is 5.56 Å². The molecule has 0 N–H and O–H groups in total. The summed E-state index contributed by atoms with van der Waals surface area (Å²) in [6.45, 7) is 13.3. The molecule has 0 atom stereocenters. The average Bonchev–Trinajstić information content (AvgIpc) is 2.51. The molecule has 1 aromatic heterocycles. The molecule has 1 aromatic carbocycles. The first kappa shape index (κ1) is 17.9. The molecule has 0 fully saturated rings. The lowest BCUT2D eigenvalue weighted by atomic mass is 9.79. The average molecular weight is 318 g/mol. The van der Waals surface area contributed by atoms with Gasteiger partial charge >= 0.3 is 0 Å². The Labute approximate surface area is 145 Å². The van der Waals surface area contributed by atoms with Gasteiger partial charge in [-0.05, 0) is 45.7 Å². The zero-order chi connectivity index (χ0) is 18.0. The molecule has 2 rings (SSSR count). The summed E-state index contributed by atoms with van der Waals surface area (Å²) in [6, 6.07) is 14.5. The number of hydrogen-bond acceptors (Lipinski definition) is 2. The highest BCUT2D eigenvalue weighted by Crippen LogP contribution is 2.31. The van der Waals surface area contributed by atoms with Gasteiger partial charge in [0.15, 0.2) is 0 Å². The maximum absolute atomic E-state index is 9.54. The fourth-order valence-corrected chi connectivity index (χ4v) is 2.45. The monoisotopic (exact) mass is 318 g/mol. The van der Waals surface area contributed by atoms with Gasteiger partial charge in [-0.1, -0.05) is 65.8 Å². The van der Waals surface area contributed by atoms with Crippen molar-refractivity contribution in [1.82, 2.24) is 4.98 Å². The molecule has 0 amide bonds. The third kappa shape index (κ3) is 4.32. The second kappa shape index (κ2) is 6.61. The van der Waals surface area contributed by atoms with E-state index in [0.29, 0.717) is 11.3 Å². The van der Waals surface area contributed by atoms with E-state index in [4.69, 9.17) is 0 Å². The van der Waals surface area contributed by atoms with Gasteiger partial charge < -0.3 is 0 Å². The molecule has 0 radical (unpaired) electrons. The van der Waals surface area contributed by atoms with Gasteiger partial charge in [-0.2, -0.15) is 5.26 Å². The molecule has 0 unspecified atom stereocenters. The van der Waals surface area contributed by atoms with Crippen molar-refractivity contribution in [3.05, 3.63) is 65.0 Å². The van der Waals surface area contributed by atoms with Crippen molar-refractivity contribution in [2.24, 2.45) is 0 Å². The Morgan fingerprint density at radius 3 is 1.96 bits per heavy atom. The third-order valence-corrected chi connectivity index (χ3v) is 4.06. The number of pyridine rings is 1. The minimum Gasteiger partial charge on any atom is -0.256 e. The molecular weight excluding hydrogens is 292 g/mol. The molecular formula is C22H26N2. The first-order valence-corrected chi connectivity index (χ1v) is 8.30. The smallest absolute Gasteiger partial charge is 0.101 e. The van der Waals surface area contributed by atoms with E-state index < -0.39 is 0 Å². The molecule has 2 heteroatoms. The van der Waals surface area contributed by atoms with E-state index in [1.807, 2.05) is 24.3 Å². The Hall–Kier alpha value is -2.40. The Morgan fingerprint density at radius 2 is 1.54 bits per heavy atom. The van der Waals surface area contributed by atoms with Crippen LogP contribution in [0, 0.1) is 11.3 Å². The molecule has 0 saturated heterocycles. The van der Waals surface area contributed by atoms with Crippen LogP contribution in [-0.2, 0) is 10.8 Å². The van der Waals surface area contributed by atoms with Crippen molar-refractivity contribution < 1.29 is 0 Å². The van der Waals surface area contributed by atoms with E-state index in [-0.39, 0.29) is 10.8 Å². The first-order valence-electron chi connectivity index (χ1n) is 8.30. The lowest BCUT2D eigenvalue weighted by molar-refractivity contribution is 0.568. The van der Waals surface area contributed by atoms with Gasteiger partial charge in [-0.15, -0.1) is 0 Å². The van der Waals surface area contributed by atoms with Crippen molar-refractivity contribution >= 4 is 11.6 Å². The summed E-state index contributed by atoms with van der Waals surface area (Å²) in [7, 11) is 0. The number of aromatic nitrogens is 1. The number of rotatable bonds is 2. The Kier molecular flexibility index (Phi) is 4.94. The summed E-state index contributed by atoms with van der Waals surface area (Å²) < 4.78 is 0. The molecule has 2 nitrogen and oxygen atoms in total. The predicted octanol–water partition coefficient (Wildman–Crippen LogP) is 5.74. The first-order chi connectivity index (χ1) is 11.1. The quantitative estimate of drug-likeness (QED) is 0.662. The topological polar surface area (TPSA) is 36.7 Å². The maximum Gasteiger partial charge on any atom is 0.101 e. The molecule has 0 aliphatic heterocycles. The molecule has 124 valence electrons. The van der Waals surface area contributed by atoms with Crippen LogP contribution in [0.25, 0.3) is 11.6 Å². The summed E-state index contributed by atoms with van der Waals surface area (Å²) in [4.78, 5) is 4.30. The maximum atomic E-state index is 9.54. The van der Waals surface area contributed by atoms with Crippen molar-refractivity contribution in [1.29, 1.82) is 5.26 Å². The van der Waals surface area contributed by atoms with Crippen LogP contribution in [-0.4, -0.2) is 4.98 Å². The second-order valence-corrected chi connectivity index (χ2v) is 8.23. The van der Waals surface area contributed by atoms with Crippen LogP contribution >= 0.6 is 0 Å². The number of benzene rings is 1. The van der Waals surface area contributed by atoms with E-state index in [2.05, 4.69) is 70.8 Å². The van der Waals surface area contributed by atoms with Gasteiger partial charge in [0.2, 0.25) is 0 Å². The van der Waals surface area contributed by atoms with Crippen LogP contribution in [0.4, 0.5) is 0 Å². The number of nitriles is 1. The van der Waals surface area contributed by atoms with Gasteiger partial charge in [-0.3, -0.25) is 4.98 Å². The number of allylic oxidation sites excluding steroid dienone is 1. The van der Waals surface area contributed by atoms with E-state index in [1.165, 1.54) is 11.1 Å². The van der Waals surface area contributed by atoms with Crippen LogP contribution in [0.2, 0.25) is 0 Å². The number of nitrogens with zero attached hydrogens (tertiary/aromatic N) is 2. The highest BCUT2D eigenvalue weighted by atomic mass is 14.7. The van der Waals surface area contributed by atoms with Crippen LogP contribution in [0.15, 0.2) is 42.6 Å². The molecule has 2 aromatic rings. The van der Waals surface area contributed by atoms with Crippen molar-refractivity contribution in [3.8, 4) is 6.07 Å². The molecule has 0 bridgehead atoms. The molecule has 0 saturated carbocycles. The van der Waals surface area contributed by atoms with Crippen molar-refractivity contribution in [2.45, 2.75) is 52.4 Å². The van der Waals surface area contributed by atoms with Crippen LogP contribution in [0.3, 0.4) is 0 Å². The summed E-state index contributed by atoms with van der Waals surface area (Å²) in [6.07, 6.45) is 3.65. The fourth-order valence-electron chi connectivity index (χ4n) is 2.45. The summed E-state index contributed by atoms with van der Waals surface area (Å²) in [5, 5.41) is 9.54. The van der Waals surface area contributed by atoms with Gasteiger partial charge in [0, 0.05) is 6.20 Å². The lowest BCUT2D eigenvalue weighted by Crippen LogP contribution is -2.16. The number of hydrogen-bond donors (Lipinski definition) is 0. The van der Waals surface area contributed by atoms with Crippen LogP contribution in [0.5, 0.6) is 0 Å². The Morgan fingerprint density at radius 1 is 0.958 bits per heavy atom. The Bertz CT molecular complexity index is 747. The molecule has 1 heterocycles. The minimum atomic E-state index is 0.0572. The highest BCUT2D eigenvalue weighted by molar-refractivity contribution is 5.88. The third-order valence-electron chi connectivity index (χ3n) is 4.06. The van der Waals surface area contributed by atoms with Crippen molar-refractivity contribution in [3.63, 3.8) is 0 Å². The SMILES string of the molecule is CC(C)(C)c1cc(C=C(C#N)c2ccccn2)cc(C(C)(C)C)c1. The largest absolute Gasteiger partial charge is 0.256 e. The summed E-state index contributed by atoms with van der Waals surface area (Å²) >= 11 is 0. The molecule has 0 aliphatic carbocycles. The minimum absolute atomic E-state index is 0.0572. The Balaban J connectivity index is 2.61. The zero-order valence-corrected chi connectivity index (χ0v) is 15.5. The summed E-state index contributed by atoms with van der Waals surface area (Å²) in [5.74, 6) is 0. The molecule has 24 heavy (non-hydrogen) atoms. The standard InChI is InChI=1S/C22H26N2/c1-21(2,3)18-12-16(13-19(14-18)22(4,5)6)11-17(15-23)20-9-7-8-10-24-20/h7-14H,1-6H3. The summed E-state index contributed by atoms with van der Waals surface area (Å²) in [5.41, 5.74) is 5.01. The highest BCUT2D eigenvalue weighted by Gasteiger charge is 2.20. The normalized spacial score (nSPS) is 12.8. The fraction of sp³-hybridized carbons (Fsp3) is 0.364. The van der Waals surface area contributed by atoms with E-state index in [1.54, 1.807) is 6.20 Å². The molecule has 0 spiro atoms. The zero-order valence-electron chi connectivity index (χ0n) is 15.5. The van der Waals surface area contributed by atoms with E-state index >= 15 is 0 Å². The van der Waals surface area contributed by atoms with Crippen molar-refractivity contribution in [2.75, 3.05) is 0 Å². The van der Waals surface area contributed by atoms with Gasteiger partial charge in [-0.25, -0.2) is 0 Å². The lowest BCUT2D eigenvalue weighted by Gasteiger charge is -2.25. The predicted molar refractivity (Wildman–Crippen MR) is 102 cm³/mol.